The SMILES string of the molecule is Cc1cc(C)c(S(=O)(=O)Nc2cc(C(=O)N3CCCC(C)C3)ccc2N2CCNCC2)cc1C.O=C(O)C(F)(F)F. The molecule has 3 N–H and O–H groups in total. The lowest BCUT2D eigenvalue weighted by Gasteiger charge is -2.33. The zero-order valence-corrected chi connectivity index (χ0v) is 24.5. The number of carbonyl (C=O) groups is 2. The number of rotatable bonds is 5. The highest BCUT2D eigenvalue weighted by Crippen LogP contribution is 2.32. The first-order valence-corrected chi connectivity index (χ1v) is 14.9. The van der Waals surface area contributed by atoms with Crippen LogP contribution in [0.3, 0.4) is 0 Å². The first kappa shape index (κ1) is 32.2. The van der Waals surface area contributed by atoms with Crippen molar-refractivity contribution >= 4 is 33.3 Å². The van der Waals surface area contributed by atoms with Crippen molar-refractivity contribution in [3.05, 3.63) is 52.6 Å². The molecule has 0 bridgehead atoms. The maximum absolute atomic E-state index is 13.5. The lowest BCUT2D eigenvalue weighted by Crippen LogP contribution is -2.44. The van der Waals surface area contributed by atoms with E-state index in [-0.39, 0.29) is 10.8 Å². The highest BCUT2D eigenvalue weighted by molar-refractivity contribution is 7.92. The number of piperidine rings is 1. The Morgan fingerprint density at radius 2 is 1.61 bits per heavy atom. The second kappa shape index (κ2) is 13.1. The van der Waals surface area contributed by atoms with Crippen molar-refractivity contribution in [2.24, 2.45) is 5.92 Å². The highest BCUT2D eigenvalue weighted by atomic mass is 32.2. The summed E-state index contributed by atoms with van der Waals surface area (Å²) < 4.78 is 61.6. The Morgan fingerprint density at radius 3 is 2.20 bits per heavy atom. The fourth-order valence-corrected chi connectivity index (χ4v) is 6.29. The fraction of sp³-hybridized carbons (Fsp3) is 0.500. The predicted octanol–water partition coefficient (Wildman–Crippen LogP) is 4.33. The number of benzene rings is 2. The number of nitrogens with one attached hydrogen (secondary N) is 2. The normalized spacial score (nSPS) is 17.9. The summed E-state index contributed by atoms with van der Waals surface area (Å²) in [5.41, 5.74) is 4.46. The fourth-order valence-electron chi connectivity index (χ4n) is 4.91. The lowest BCUT2D eigenvalue weighted by molar-refractivity contribution is -0.192. The van der Waals surface area contributed by atoms with Gasteiger partial charge in [-0.25, -0.2) is 13.2 Å². The van der Waals surface area contributed by atoms with Crippen LogP contribution in [-0.4, -0.2) is 75.7 Å². The van der Waals surface area contributed by atoms with Crippen LogP contribution in [0.1, 0.15) is 46.8 Å². The van der Waals surface area contributed by atoms with Gasteiger partial charge in [0.1, 0.15) is 0 Å². The van der Waals surface area contributed by atoms with Gasteiger partial charge in [0.2, 0.25) is 0 Å². The van der Waals surface area contributed by atoms with E-state index < -0.39 is 22.2 Å². The van der Waals surface area contributed by atoms with Crippen molar-refractivity contribution < 1.29 is 36.3 Å². The van der Waals surface area contributed by atoms with Gasteiger partial charge in [-0.3, -0.25) is 9.52 Å². The van der Waals surface area contributed by atoms with Crippen molar-refractivity contribution in [1.82, 2.24) is 10.2 Å². The standard InChI is InChI=1S/C26H36N4O3S.C2HF3O2/c1-18-6-5-11-30(17-18)26(31)22-7-8-24(29-12-9-27-10-13-29)23(16-22)28-34(32,33)25-15-20(3)19(2)14-21(25)4;3-2(4,5)1(6)7/h7-8,14-16,18,27-28H,5-6,9-13,17H2,1-4H3;(H,6,7). The van der Waals surface area contributed by atoms with Gasteiger partial charge < -0.3 is 20.2 Å². The molecular weight excluding hydrogens is 561 g/mol. The molecule has 226 valence electrons. The number of amides is 1. The summed E-state index contributed by atoms with van der Waals surface area (Å²) in [6.07, 6.45) is -2.95. The van der Waals surface area contributed by atoms with E-state index in [1.807, 2.05) is 43.9 Å². The van der Waals surface area contributed by atoms with Crippen molar-refractivity contribution in [2.45, 2.75) is 51.6 Å². The van der Waals surface area contributed by atoms with Crippen molar-refractivity contribution in [2.75, 3.05) is 48.9 Å². The molecule has 1 atom stereocenters. The van der Waals surface area contributed by atoms with Gasteiger partial charge in [0.25, 0.3) is 15.9 Å². The number of likely N-dealkylation sites (tertiary alicyclic amines) is 1. The summed E-state index contributed by atoms with van der Waals surface area (Å²) in [5, 5.41) is 10.5. The summed E-state index contributed by atoms with van der Waals surface area (Å²) in [4.78, 5) is 26.5. The van der Waals surface area contributed by atoms with Gasteiger partial charge in [0.05, 0.1) is 16.3 Å². The van der Waals surface area contributed by atoms with Crippen LogP contribution in [0, 0.1) is 26.7 Å². The maximum Gasteiger partial charge on any atom is 0.490 e. The quantitative estimate of drug-likeness (QED) is 0.469. The van der Waals surface area contributed by atoms with Gasteiger partial charge in [0, 0.05) is 44.8 Å². The van der Waals surface area contributed by atoms with E-state index in [4.69, 9.17) is 9.90 Å². The summed E-state index contributed by atoms with van der Waals surface area (Å²) in [6.45, 7) is 12.6. The van der Waals surface area contributed by atoms with E-state index in [0.29, 0.717) is 22.7 Å². The average molecular weight is 599 g/mol. The summed E-state index contributed by atoms with van der Waals surface area (Å²) in [5.74, 6) is -2.32. The molecule has 41 heavy (non-hydrogen) atoms. The van der Waals surface area contributed by atoms with E-state index >= 15 is 0 Å². The molecule has 4 rings (SSSR count). The Morgan fingerprint density at radius 1 is 1.00 bits per heavy atom. The zero-order chi connectivity index (χ0) is 30.5. The van der Waals surface area contributed by atoms with E-state index in [1.54, 1.807) is 12.1 Å². The first-order valence-electron chi connectivity index (χ1n) is 13.4. The molecular formula is C28H37F3N4O5S. The molecule has 9 nitrogen and oxygen atoms in total. The third-order valence-electron chi connectivity index (χ3n) is 7.21. The number of carboxylic acids is 1. The molecule has 0 spiro atoms. The molecule has 13 heteroatoms. The number of sulfonamides is 1. The largest absolute Gasteiger partial charge is 0.490 e. The molecule has 0 aliphatic carbocycles. The van der Waals surface area contributed by atoms with Crippen LogP contribution in [0.5, 0.6) is 0 Å². The zero-order valence-electron chi connectivity index (χ0n) is 23.6. The minimum Gasteiger partial charge on any atom is -0.475 e. The van der Waals surface area contributed by atoms with Crippen molar-refractivity contribution in [3.63, 3.8) is 0 Å². The first-order chi connectivity index (χ1) is 19.1. The second-order valence-corrected chi connectivity index (χ2v) is 12.2. The monoisotopic (exact) mass is 598 g/mol. The number of nitrogens with zero attached hydrogens (tertiary/aromatic N) is 2. The van der Waals surface area contributed by atoms with Gasteiger partial charge >= 0.3 is 12.1 Å². The number of hydrogen-bond donors (Lipinski definition) is 3. The lowest BCUT2D eigenvalue weighted by atomic mass is 9.99. The van der Waals surface area contributed by atoms with Crippen LogP contribution >= 0.6 is 0 Å². The van der Waals surface area contributed by atoms with Crippen LogP contribution in [0.4, 0.5) is 24.5 Å². The third kappa shape index (κ3) is 8.35. The van der Waals surface area contributed by atoms with E-state index in [1.165, 1.54) is 0 Å². The minimum absolute atomic E-state index is 0.0405. The van der Waals surface area contributed by atoms with Crippen LogP contribution in [0.2, 0.25) is 0 Å². The second-order valence-electron chi connectivity index (χ2n) is 10.6. The molecule has 1 amide bonds. The number of aryl methyl sites for hydroxylation is 3. The molecule has 2 saturated heterocycles. The number of carboxylic acid groups (broad SMARTS) is 1. The third-order valence-corrected chi connectivity index (χ3v) is 8.72. The number of aliphatic carboxylic acids is 1. The number of hydrogen-bond acceptors (Lipinski definition) is 6. The number of halogens is 3. The van der Waals surface area contributed by atoms with Crippen molar-refractivity contribution in [3.8, 4) is 0 Å². The average Bonchev–Trinajstić information content (AvgIpc) is 2.90. The molecule has 2 aromatic carbocycles. The van der Waals surface area contributed by atoms with Gasteiger partial charge in [-0.2, -0.15) is 13.2 Å². The van der Waals surface area contributed by atoms with Gasteiger partial charge in [-0.05, 0) is 80.5 Å². The summed E-state index contributed by atoms with van der Waals surface area (Å²) >= 11 is 0. The Balaban J connectivity index is 0.000000587. The number of piperazine rings is 1. The van der Waals surface area contributed by atoms with Crippen LogP contribution in [0.25, 0.3) is 0 Å². The van der Waals surface area contributed by atoms with Crippen LogP contribution in [-0.2, 0) is 14.8 Å². The number of anilines is 2. The van der Waals surface area contributed by atoms with E-state index in [2.05, 4.69) is 21.9 Å². The van der Waals surface area contributed by atoms with Gasteiger partial charge in [-0.15, -0.1) is 0 Å². The van der Waals surface area contributed by atoms with Crippen LogP contribution < -0.4 is 14.9 Å². The molecule has 2 heterocycles. The molecule has 0 aromatic heterocycles. The Kier molecular flexibility index (Phi) is 10.3. The minimum atomic E-state index is -5.08. The van der Waals surface area contributed by atoms with Gasteiger partial charge in [0.15, 0.2) is 0 Å². The molecule has 0 saturated carbocycles. The smallest absolute Gasteiger partial charge is 0.475 e. The number of carbonyl (C=O) groups excluding carboxylic acids is 1. The van der Waals surface area contributed by atoms with Crippen LogP contribution in [0.15, 0.2) is 35.2 Å². The highest BCUT2D eigenvalue weighted by Gasteiger charge is 2.38. The van der Waals surface area contributed by atoms with Gasteiger partial charge in [-0.1, -0.05) is 13.0 Å². The Hall–Kier alpha value is -3.32. The number of alkyl halides is 3. The molecule has 2 fully saturated rings. The predicted molar refractivity (Wildman–Crippen MR) is 151 cm³/mol. The molecule has 1 unspecified atom stereocenters. The van der Waals surface area contributed by atoms with Crippen molar-refractivity contribution in [1.29, 1.82) is 0 Å². The Bertz CT molecular complexity index is 1380. The van der Waals surface area contributed by atoms with E-state index in [9.17, 15) is 26.4 Å². The maximum atomic E-state index is 13.5. The molecule has 2 aliphatic heterocycles. The summed E-state index contributed by atoms with van der Waals surface area (Å²) in [7, 11) is -3.84. The topological polar surface area (TPSA) is 119 Å². The molecule has 2 aliphatic rings. The Labute approximate surface area is 238 Å². The molecule has 0 radical (unpaired) electrons. The van der Waals surface area contributed by atoms with E-state index in [0.717, 1.165) is 68.9 Å². The summed E-state index contributed by atoms with van der Waals surface area (Å²) in [6, 6.07) is 9.06. The molecule has 2 aromatic rings.